The van der Waals surface area contributed by atoms with Crippen LogP contribution in [0.5, 0.6) is 0 Å². The van der Waals surface area contributed by atoms with E-state index in [9.17, 15) is 13.2 Å². The summed E-state index contributed by atoms with van der Waals surface area (Å²) in [5.41, 5.74) is -0.462. The Kier molecular flexibility index (Phi) is 3.81. The standard InChI is InChI=1S/C9H12BrF3N2/c1-3-6(2)15-8(9(11,12)13)7(4-10)5-14-15/h5-6H,3-4H2,1-2H3. The number of nitrogens with zero attached hydrogens (tertiary/aromatic N) is 2. The third-order valence-electron chi connectivity index (χ3n) is 2.29. The van der Waals surface area contributed by atoms with E-state index in [4.69, 9.17) is 0 Å². The molecule has 0 aliphatic heterocycles. The van der Waals surface area contributed by atoms with Gasteiger partial charge in [0.05, 0.1) is 6.20 Å². The Morgan fingerprint density at radius 1 is 1.53 bits per heavy atom. The minimum absolute atomic E-state index is 0.165. The molecule has 0 saturated carbocycles. The van der Waals surface area contributed by atoms with E-state index in [1.54, 1.807) is 6.92 Å². The van der Waals surface area contributed by atoms with Crippen molar-refractivity contribution >= 4 is 15.9 Å². The lowest BCUT2D eigenvalue weighted by Gasteiger charge is -2.16. The molecule has 0 radical (unpaired) electrons. The molecule has 0 bridgehead atoms. The van der Waals surface area contributed by atoms with Gasteiger partial charge in [0.1, 0.15) is 5.69 Å². The van der Waals surface area contributed by atoms with Crippen LogP contribution in [-0.2, 0) is 11.5 Å². The second-order valence-corrected chi connectivity index (χ2v) is 3.91. The maximum Gasteiger partial charge on any atom is 0.433 e. The summed E-state index contributed by atoms with van der Waals surface area (Å²) < 4.78 is 39.3. The minimum atomic E-state index is -4.34. The summed E-state index contributed by atoms with van der Waals surface area (Å²) in [5.74, 6) is 0. The molecular weight excluding hydrogens is 273 g/mol. The summed E-state index contributed by atoms with van der Waals surface area (Å²) in [6.07, 6.45) is -2.46. The smallest absolute Gasteiger partial charge is 0.257 e. The normalized spacial score (nSPS) is 14.3. The number of aromatic nitrogens is 2. The summed E-state index contributed by atoms with van der Waals surface area (Å²) in [5, 5.41) is 3.96. The maximum absolute atomic E-state index is 12.7. The Morgan fingerprint density at radius 2 is 2.13 bits per heavy atom. The molecule has 1 aromatic rings. The number of hydrogen-bond donors (Lipinski definition) is 0. The molecule has 6 heteroatoms. The SMILES string of the molecule is CCC(C)n1ncc(CBr)c1C(F)(F)F. The topological polar surface area (TPSA) is 17.8 Å². The van der Waals surface area contributed by atoms with E-state index in [0.29, 0.717) is 6.42 Å². The van der Waals surface area contributed by atoms with Gasteiger partial charge in [-0.3, -0.25) is 4.68 Å². The van der Waals surface area contributed by atoms with Crippen LogP contribution in [0.4, 0.5) is 13.2 Å². The molecule has 2 nitrogen and oxygen atoms in total. The molecule has 0 saturated heterocycles. The molecule has 1 heterocycles. The molecule has 0 N–H and O–H groups in total. The highest BCUT2D eigenvalue weighted by atomic mass is 79.9. The second kappa shape index (κ2) is 4.55. The van der Waals surface area contributed by atoms with Crippen LogP contribution in [0.3, 0.4) is 0 Å². The molecule has 0 fully saturated rings. The first kappa shape index (κ1) is 12.5. The minimum Gasteiger partial charge on any atom is -0.257 e. The maximum atomic E-state index is 12.7. The van der Waals surface area contributed by atoms with Crippen LogP contribution in [0.1, 0.15) is 37.6 Å². The van der Waals surface area contributed by atoms with Crippen molar-refractivity contribution in [2.24, 2.45) is 0 Å². The molecule has 0 spiro atoms. The van der Waals surface area contributed by atoms with Gasteiger partial charge in [-0.2, -0.15) is 18.3 Å². The van der Waals surface area contributed by atoms with E-state index in [1.165, 1.54) is 6.20 Å². The number of alkyl halides is 4. The molecule has 0 amide bonds. The molecule has 0 aliphatic carbocycles. The summed E-state index contributed by atoms with van der Waals surface area (Å²) in [6.45, 7) is 3.56. The van der Waals surface area contributed by atoms with Crippen molar-refractivity contribution in [3.63, 3.8) is 0 Å². The van der Waals surface area contributed by atoms with E-state index < -0.39 is 11.9 Å². The van der Waals surface area contributed by atoms with Crippen LogP contribution in [0.2, 0.25) is 0 Å². The summed E-state index contributed by atoms with van der Waals surface area (Å²) in [4.78, 5) is 0. The van der Waals surface area contributed by atoms with Gasteiger partial charge in [-0.1, -0.05) is 22.9 Å². The van der Waals surface area contributed by atoms with E-state index in [0.717, 1.165) is 4.68 Å². The fraction of sp³-hybridized carbons (Fsp3) is 0.667. The largest absolute Gasteiger partial charge is 0.433 e. The lowest BCUT2D eigenvalue weighted by molar-refractivity contribution is -0.145. The molecule has 1 aromatic heterocycles. The zero-order chi connectivity index (χ0) is 11.6. The highest BCUT2D eigenvalue weighted by molar-refractivity contribution is 9.08. The van der Waals surface area contributed by atoms with Gasteiger partial charge in [0.25, 0.3) is 0 Å². The van der Waals surface area contributed by atoms with E-state index >= 15 is 0 Å². The van der Waals surface area contributed by atoms with Gasteiger partial charge >= 0.3 is 6.18 Å². The Balaban J connectivity index is 3.23. The Labute approximate surface area is 94.6 Å². The lowest BCUT2D eigenvalue weighted by atomic mass is 10.2. The van der Waals surface area contributed by atoms with Crippen LogP contribution in [0, 0.1) is 0 Å². The average molecular weight is 285 g/mol. The molecule has 0 aromatic carbocycles. The quantitative estimate of drug-likeness (QED) is 0.773. The summed E-state index contributed by atoms with van der Waals surface area (Å²) >= 11 is 3.03. The van der Waals surface area contributed by atoms with Crippen molar-refractivity contribution in [1.29, 1.82) is 0 Å². The second-order valence-electron chi connectivity index (χ2n) is 3.35. The Bertz CT molecular complexity index is 333. The molecule has 15 heavy (non-hydrogen) atoms. The van der Waals surface area contributed by atoms with E-state index in [-0.39, 0.29) is 16.9 Å². The zero-order valence-electron chi connectivity index (χ0n) is 8.48. The van der Waals surface area contributed by atoms with Crippen LogP contribution < -0.4 is 0 Å². The van der Waals surface area contributed by atoms with Crippen LogP contribution in [-0.4, -0.2) is 9.78 Å². The highest BCUT2D eigenvalue weighted by Crippen LogP contribution is 2.34. The fourth-order valence-electron chi connectivity index (χ4n) is 1.31. The number of halogens is 4. The van der Waals surface area contributed by atoms with E-state index in [2.05, 4.69) is 21.0 Å². The molecule has 1 atom stereocenters. The predicted octanol–water partition coefficient (Wildman–Crippen LogP) is 3.77. The lowest BCUT2D eigenvalue weighted by Crippen LogP contribution is -2.18. The molecule has 0 aliphatic rings. The van der Waals surface area contributed by atoms with Crippen molar-refractivity contribution < 1.29 is 13.2 Å². The van der Waals surface area contributed by atoms with Crippen molar-refractivity contribution in [3.8, 4) is 0 Å². The third kappa shape index (κ3) is 2.53. The fourth-order valence-corrected chi connectivity index (χ4v) is 1.73. The van der Waals surface area contributed by atoms with Gasteiger partial charge < -0.3 is 0 Å². The van der Waals surface area contributed by atoms with Gasteiger partial charge in [0.15, 0.2) is 0 Å². The summed E-state index contributed by atoms with van der Waals surface area (Å²) in [6, 6.07) is -0.241. The van der Waals surface area contributed by atoms with Gasteiger partial charge in [0.2, 0.25) is 0 Å². The average Bonchev–Trinajstić information content (AvgIpc) is 2.59. The van der Waals surface area contributed by atoms with Crippen LogP contribution in [0.25, 0.3) is 0 Å². The van der Waals surface area contributed by atoms with E-state index in [1.807, 2.05) is 6.92 Å². The molecule has 1 rings (SSSR count). The Hall–Kier alpha value is -0.520. The first-order valence-corrected chi connectivity index (χ1v) is 5.73. The number of hydrogen-bond acceptors (Lipinski definition) is 1. The van der Waals surface area contributed by atoms with Crippen molar-refractivity contribution in [2.75, 3.05) is 0 Å². The van der Waals surface area contributed by atoms with Crippen LogP contribution >= 0.6 is 15.9 Å². The molecule has 1 unspecified atom stereocenters. The van der Waals surface area contributed by atoms with Gasteiger partial charge in [-0.05, 0) is 13.3 Å². The predicted molar refractivity (Wildman–Crippen MR) is 54.9 cm³/mol. The first-order valence-electron chi connectivity index (χ1n) is 4.61. The van der Waals surface area contributed by atoms with Crippen molar-refractivity contribution in [3.05, 3.63) is 17.5 Å². The number of rotatable bonds is 3. The van der Waals surface area contributed by atoms with Crippen molar-refractivity contribution in [1.82, 2.24) is 9.78 Å². The first-order chi connectivity index (χ1) is 6.91. The van der Waals surface area contributed by atoms with Gasteiger partial charge in [-0.25, -0.2) is 0 Å². The van der Waals surface area contributed by atoms with Gasteiger partial charge in [-0.15, -0.1) is 0 Å². The van der Waals surface area contributed by atoms with Crippen molar-refractivity contribution in [2.45, 2.75) is 37.8 Å². The zero-order valence-corrected chi connectivity index (χ0v) is 10.1. The highest BCUT2D eigenvalue weighted by Gasteiger charge is 2.38. The molecular formula is C9H12BrF3N2. The summed E-state index contributed by atoms with van der Waals surface area (Å²) in [7, 11) is 0. The third-order valence-corrected chi connectivity index (χ3v) is 2.90. The monoisotopic (exact) mass is 284 g/mol. The Morgan fingerprint density at radius 3 is 2.53 bits per heavy atom. The van der Waals surface area contributed by atoms with Crippen LogP contribution in [0.15, 0.2) is 6.20 Å². The molecule has 86 valence electrons. The van der Waals surface area contributed by atoms with Gasteiger partial charge in [0, 0.05) is 16.9 Å².